The Bertz CT molecular complexity index is 1260. The van der Waals surface area contributed by atoms with Crippen LogP contribution in [-0.2, 0) is 6.61 Å². The molecule has 0 bridgehead atoms. The molecule has 0 saturated heterocycles. The molecule has 5 heteroatoms. The summed E-state index contributed by atoms with van der Waals surface area (Å²) in [7, 11) is 1.62. The monoisotopic (exact) mass is 436 g/mol. The van der Waals surface area contributed by atoms with E-state index < -0.39 is 6.17 Å². The molecule has 1 aliphatic rings. The molecule has 4 aromatic carbocycles. The molecule has 1 N–H and O–H groups in total. The summed E-state index contributed by atoms with van der Waals surface area (Å²) in [5.41, 5.74) is 4.24. The van der Waals surface area contributed by atoms with E-state index in [-0.39, 0.29) is 5.91 Å². The van der Waals surface area contributed by atoms with Crippen LogP contribution in [0.4, 0.5) is 11.4 Å². The second kappa shape index (κ2) is 9.09. The first-order valence-corrected chi connectivity index (χ1v) is 10.8. The lowest BCUT2D eigenvalue weighted by molar-refractivity contribution is 0.0975. The van der Waals surface area contributed by atoms with Crippen LogP contribution in [0.3, 0.4) is 0 Å². The van der Waals surface area contributed by atoms with Gasteiger partial charge < -0.3 is 14.8 Å². The zero-order valence-corrected chi connectivity index (χ0v) is 18.3. The summed E-state index contributed by atoms with van der Waals surface area (Å²) in [6.45, 7) is 0.445. The Balaban J connectivity index is 1.50. The van der Waals surface area contributed by atoms with Gasteiger partial charge in [-0.15, -0.1) is 0 Å². The van der Waals surface area contributed by atoms with Crippen molar-refractivity contribution >= 4 is 17.3 Å². The molecule has 5 rings (SSSR count). The van der Waals surface area contributed by atoms with Crippen molar-refractivity contribution in [3.8, 4) is 11.5 Å². The number of fused-ring (bicyclic) bond motifs is 1. The van der Waals surface area contributed by atoms with Gasteiger partial charge in [-0.1, -0.05) is 66.7 Å². The third-order valence-electron chi connectivity index (χ3n) is 5.70. The minimum absolute atomic E-state index is 0.0519. The van der Waals surface area contributed by atoms with E-state index in [1.165, 1.54) is 0 Å². The number of anilines is 2. The number of nitrogens with one attached hydrogen (secondary N) is 1. The summed E-state index contributed by atoms with van der Waals surface area (Å²) in [4.78, 5) is 15.3. The van der Waals surface area contributed by atoms with E-state index in [4.69, 9.17) is 9.47 Å². The zero-order valence-electron chi connectivity index (χ0n) is 18.3. The topological polar surface area (TPSA) is 50.8 Å². The predicted molar refractivity (Wildman–Crippen MR) is 130 cm³/mol. The Hall–Kier alpha value is -4.25. The molecular formula is C28H24N2O3. The number of hydrogen-bond donors (Lipinski definition) is 1. The molecule has 164 valence electrons. The van der Waals surface area contributed by atoms with Crippen LogP contribution in [0.1, 0.15) is 27.7 Å². The number of carbonyl (C=O) groups excluding carboxylic acids is 1. The van der Waals surface area contributed by atoms with E-state index in [9.17, 15) is 4.79 Å². The van der Waals surface area contributed by atoms with Crippen molar-refractivity contribution in [1.82, 2.24) is 0 Å². The molecule has 1 amide bonds. The van der Waals surface area contributed by atoms with E-state index in [1.807, 2.05) is 103 Å². The molecule has 0 fully saturated rings. The standard InChI is InChI=1S/C28H24N2O3/c1-32-26-18-21(16-17-25(26)33-19-20-10-4-2-5-11-20)27-29-24-15-9-8-14-23(24)28(31)30(27)22-12-6-3-7-13-22/h2-18,27,29H,19H2,1H3/t27-/m1/s1. The summed E-state index contributed by atoms with van der Waals surface area (Å²) in [6, 6.07) is 33.0. The van der Waals surface area contributed by atoms with Gasteiger partial charge in [-0.2, -0.15) is 0 Å². The molecule has 0 aromatic heterocycles. The lowest BCUT2D eigenvalue weighted by Crippen LogP contribution is -2.43. The van der Waals surface area contributed by atoms with Gasteiger partial charge in [-0.3, -0.25) is 9.69 Å². The van der Waals surface area contributed by atoms with Crippen LogP contribution in [0.5, 0.6) is 11.5 Å². The maximum absolute atomic E-state index is 13.5. The van der Waals surface area contributed by atoms with Crippen LogP contribution in [0.15, 0.2) is 103 Å². The summed E-state index contributed by atoms with van der Waals surface area (Å²) >= 11 is 0. The highest BCUT2D eigenvalue weighted by Gasteiger charge is 2.34. The highest BCUT2D eigenvalue weighted by atomic mass is 16.5. The Morgan fingerprint density at radius 3 is 2.27 bits per heavy atom. The fourth-order valence-corrected chi connectivity index (χ4v) is 4.05. The van der Waals surface area contributed by atoms with Crippen LogP contribution in [0.2, 0.25) is 0 Å². The second-order valence-electron chi connectivity index (χ2n) is 7.79. The predicted octanol–water partition coefficient (Wildman–Crippen LogP) is 6.05. The first-order chi connectivity index (χ1) is 16.2. The van der Waals surface area contributed by atoms with Crippen molar-refractivity contribution in [2.75, 3.05) is 17.3 Å². The van der Waals surface area contributed by atoms with E-state index in [2.05, 4.69) is 5.32 Å². The first kappa shape index (κ1) is 20.6. The van der Waals surface area contributed by atoms with Crippen LogP contribution >= 0.6 is 0 Å². The highest BCUT2D eigenvalue weighted by molar-refractivity contribution is 6.12. The van der Waals surface area contributed by atoms with Gasteiger partial charge in [0.25, 0.3) is 5.91 Å². The van der Waals surface area contributed by atoms with Crippen molar-refractivity contribution in [2.45, 2.75) is 12.8 Å². The third-order valence-corrected chi connectivity index (χ3v) is 5.70. The van der Waals surface area contributed by atoms with Crippen LogP contribution in [0, 0.1) is 0 Å². The Labute approximate surface area is 193 Å². The largest absolute Gasteiger partial charge is 0.493 e. The third kappa shape index (κ3) is 4.13. The minimum Gasteiger partial charge on any atom is -0.493 e. The van der Waals surface area contributed by atoms with Gasteiger partial charge >= 0.3 is 0 Å². The lowest BCUT2D eigenvalue weighted by Gasteiger charge is -2.38. The molecule has 0 unspecified atom stereocenters. The average Bonchev–Trinajstić information content (AvgIpc) is 2.88. The Morgan fingerprint density at radius 1 is 0.818 bits per heavy atom. The second-order valence-corrected chi connectivity index (χ2v) is 7.79. The fourth-order valence-electron chi connectivity index (χ4n) is 4.05. The quantitative estimate of drug-likeness (QED) is 0.400. The van der Waals surface area contributed by atoms with Crippen LogP contribution in [0.25, 0.3) is 0 Å². The minimum atomic E-state index is -0.396. The summed E-state index contributed by atoms with van der Waals surface area (Å²) in [5, 5.41) is 3.53. The maximum Gasteiger partial charge on any atom is 0.262 e. The number of para-hydroxylation sites is 2. The van der Waals surface area contributed by atoms with E-state index in [1.54, 1.807) is 12.0 Å². The number of methoxy groups -OCH3 is 1. The summed E-state index contributed by atoms with van der Waals surface area (Å²) in [6.07, 6.45) is -0.396. The van der Waals surface area contributed by atoms with Crippen molar-refractivity contribution in [1.29, 1.82) is 0 Å². The lowest BCUT2D eigenvalue weighted by atomic mass is 10.0. The van der Waals surface area contributed by atoms with E-state index >= 15 is 0 Å². The summed E-state index contributed by atoms with van der Waals surface area (Å²) in [5.74, 6) is 1.22. The van der Waals surface area contributed by atoms with E-state index in [0.717, 1.165) is 22.5 Å². The normalized spacial score (nSPS) is 14.9. The summed E-state index contributed by atoms with van der Waals surface area (Å²) < 4.78 is 11.7. The SMILES string of the molecule is COc1cc([C@@H]2Nc3ccccc3C(=O)N2c2ccccc2)ccc1OCc1ccccc1. The first-order valence-electron chi connectivity index (χ1n) is 10.8. The number of carbonyl (C=O) groups is 1. The van der Waals surface area contributed by atoms with Gasteiger partial charge in [-0.25, -0.2) is 0 Å². The van der Waals surface area contributed by atoms with Gasteiger partial charge in [0.2, 0.25) is 0 Å². The van der Waals surface area contributed by atoms with Crippen LogP contribution < -0.4 is 19.7 Å². The molecule has 4 aromatic rings. The van der Waals surface area contributed by atoms with Crippen molar-refractivity contribution in [3.63, 3.8) is 0 Å². The van der Waals surface area contributed by atoms with Gasteiger partial charge in [0.15, 0.2) is 11.5 Å². The van der Waals surface area contributed by atoms with Crippen molar-refractivity contribution in [3.05, 3.63) is 120 Å². The molecule has 1 atom stereocenters. The molecular weight excluding hydrogens is 412 g/mol. The molecule has 33 heavy (non-hydrogen) atoms. The van der Waals surface area contributed by atoms with Crippen molar-refractivity contribution in [2.24, 2.45) is 0 Å². The number of nitrogens with zero attached hydrogens (tertiary/aromatic N) is 1. The number of amides is 1. The number of benzene rings is 4. The number of ether oxygens (including phenoxy) is 2. The molecule has 0 saturated carbocycles. The van der Waals surface area contributed by atoms with Gasteiger partial charge in [0, 0.05) is 11.4 Å². The number of rotatable bonds is 6. The highest BCUT2D eigenvalue weighted by Crippen LogP contribution is 2.39. The molecule has 0 spiro atoms. The van der Waals surface area contributed by atoms with Gasteiger partial charge in [0.1, 0.15) is 12.8 Å². The van der Waals surface area contributed by atoms with Crippen molar-refractivity contribution < 1.29 is 14.3 Å². The molecule has 0 aliphatic carbocycles. The fraction of sp³-hybridized carbons (Fsp3) is 0.107. The molecule has 1 heterocycles. The van der Waals surface area contributed by atoms with Gasteiger partial charge in [0.05, 0.1) is 12.7 Å². The number of hydrogen-bond acceptors (Lipinski definition) is 4. The molecule has 1 aliphatic heterocycles. The van der Waals surface area contributed by atoms with Crippen LogP contribution in [-0.4, -0.2) is 13.0 Å². The smallest absolute Gasteiger partial charge is 0.262 e. The van der Waals surface area contributed by atoms with Gasteiger partial charge in [-0.05, 0) is 47.5 Å². The Kier molecular flexibility index (Phi) is 5.68. The Morgan fingerprint density at radius 2 is 1.52 bits per heavy atom. The van der Waals surface area contributed by atoms with E-state index in [0.29, 0.717) is 23.7 Å². The molecule has 5 nitrogen and oxygen atoms in total. The molecule has 0 radical (unpaired) electrons. The maximum atomic E-state index is 13.5. The average molecular weight is 437 g/mol. The zero-order chi connectivity index (χ0) is 22.6.